The quantitative estimate of drug-likeness (QED) is 0.730. The van der Waals surface area contributed by atoms with Gasteiger partial charge in [-0.1, -0.05) is 6.92 Å². The molecule has 8 nitrogen and oxygen atoms in total. The third-order valence-corrected chi connectivity index (χ3v) is 7.67. The van der Waals surface area contributed by atoms with E-state index < -0.39 is 10.0 Å². The molecule has 28 heavy (non-hydrogen) atoms. The van der Waals surface area contributed by atoms with Crippen LogP contribution in [0.15, 0.2) is 23.1 Å². The molecule has 0 saturated carbocycles. The molecule has 9 heteroatoms. The third-order valence-electron chi connectivity index (χ3n) is 5.67. The van der Waals surface area contributed by atoms with Gasteiger partial charge in [0.05, 0.1) is 19.1 Å². The standard InChI is InChI=1S/C19H26N4O4S/c1-4-5-18-20-21-19-10-13-6-7-14(12-22(18)19)23(13)28(24,25)15-8-9-16(26-2)17(11-15)27-3/h8-9,11,13-14H,4-7,10,12H2,1-3H3. The lowest BCUT2D eigenvalue weighted by atomic mass is 10.1. The van der Waals surface area contributed by atoms with Crippen LogP contribution in [0.5, 0.6) is 11.5 Å². The average molecular weight is 407 g/mol. The Morgan fingerprint density at radius 2 is 1.86 bits per heavy atom. The zero-order chi connectivity index (χ0) is 19.9. The summed E-state index contributed by atoms with van der Waals surface area (Å²) in [6, 6.07) is 4.59. The van der Waals surface area contributed by atoms with Crippen molar-refractivity contribution in [1.29, 1.82) is 0 Å². The maximum atomic E-state index is 13.5. The maximum absolute atomic E-state index is 13.5. The molecule has 3 heterocycles. The van der Waals surface area contributed by atoms with E-state index in [1.165, 1.54) is 14.2 Å². The van der Waals surface area contributed by atoms with Gasteiger partial charge >= 0.3 is 0 Å². The van der Waals surface area contributed by atoms with Crippen LogP contribution in [0.25, 0.3) is 0 Å². The Morgan fingerprint density at radius 1 is 1.11 bits per heavy atom. The van der Waals surface area contributed by atoms with Crippen LogP contribution in [0.2, 0.25) is 0 Å². The second kappa shape index (κ2) is 7.36. The van der Waals surface area contributed by atoms with Gasteiger partial charge in [-0.3, -0.25) is 0 Å². The Bertz CT molecular complexity index is 972. The highest BCUT2D eigenvalue weighted by atomic mass is 32.2. The van der Waals surface area contributed by atoms with Crippen molar-refractivity contribution in [2.45, 2.75) is 62.6 Å². The van der Waals surface area contributed by atoms with Gasteiger partial charge < -0.3 is 14.0 Å². The summed E-state index contributed by atoms with van der Waals surface area (Å²) in [7, 11) is -0.626. The molecule has 0 aliphatic carbocycles. The first kappa shape index (κ1) is 19.2. The van der Waals surface area contributed by atoms with E-state index in [4.69, 9.17) is 9.47 Å². The van der Waals surface area contributed by atoms with Crippen molar-refractivity contribution in [2.75, 3.05) is 14.2 Å². The topological polar surface area (TPSA) is 86.6 Å². The molecule has 4 rings (SSSR count). The van der Waals surface area contributed by atoms with Crippen molar-refractivity contribution in [3.05, 3.63) is 29.8 Å². The Balaban J connectivity index is 1.70. The molecule has 2 atom stereocenters. The zero-order valence-corrected chi connectivity index (χ0v) is 17.3. The van der Waals surface area contributed by atoms with Gasteiger partial charge in [0.25, 0.3) is 0 Å². The van der Waals surface area contributed by atoms with Crippen molar-refractivity contribution < 1.29 is 17.9 Å². The van der Waals surface area contributed by atoms with Gasteiger partial charge in [0.15, 0.2) is 11.5 Å². The number of fused-ring (bicyclic) bond motifs is 3. The van der Waals surface area contributed by atoms with Gasteiger partial charge in [0.2, 0.25) is 10.0 Å². The summed E-state index contributed by atoms with van der Waals surface area (Å²) in [6.07, 6.45) is 4.12. The lowest BCUT2D eigenvalue weighted by Crippen LogP contribution is -2.42. The molecular weight excluding hydrogens is 380 g/mol. The van der Waals surface area contributed by atoms with Gasteiger partial charge in [-0.15, -0.1) is 10.2 Å². The molecule has 1 saturated heterocycles. The van der Waals surface area contributed by atoms with Crippen LogP contribution in [0.1, 0.15) is 37.8 Å². The fraction of sp³-hybridized carbons (Fsp3) is 0.579. The van der Waals surface area contributed by atoms with Crippen molar-refractivity contribution in [1.82, 2.24) is 19.1 Å². The largest absolute Gasteiger partial charge is 0.493 e. The molecule has 1 aromatic heterocycles. The van der Waals surface area contributed by atoms with Crippen LogP contribution >= 0.6 is 0 Å². The van der Waals surface area contributed by atoms with Gasteiger partial charge in [-0.2, -0.15) is 4.31 Å². The van der Waals surface area contributed by atoms with Crippen LogP contribution in [0, 0.1) is 0 Å². The monoisotopic (exact) mass is 406 g/mol. The molecule has 2 unspecified atom stereocenters. The minimum atomic E-state index is -3.66. The van der Waals surface area contributed by atoms with Crippen LogP contribution in [-0.2, 0) is 29.4 Å². The first-order valence-corrected chi connectivity index (χ1v) is 11.1. The summed E-state index contributed by atoms with van der Waals surface area (Å²) in [5.74, 6) is 2.76. The molecule has 2 bridgehead atoms. The summed E-state index contributed by atoms with van der Waals surface area (Å²) in [6.45, 7) is 2.72. The number of aromatic nitrogens is 3. The van der Waals surface area contributed by atoms with Crippen molar-refractivity contribution in [3.63, 3.8) is 0 Å². The van der Waals surface area contributed by atoms with Gasteiger partial charge in [-0.25, -0.2) is 8.42 Å². The minimum absolute atomic E-state index is 0.0871. The summed E-state index contributed by atoms with van der Waals surface area (Å²) in [4.78, 5) is 0.230. The molecule has 0 amide bonds. The molecule has 1 fully saturated rings. The highest BCUT2D eigenvalue weighted by molar-refractivity contribution is 7.89. The van der Waals surface area contributed by atoms with Crippen LogP contribution in [0.4, 0.5) is 0 Å². The Morgan fingerprint density at radius 3 is 2.57 bits per heavy atom. The van der Waals surface area contributed by atoms with Crippen molar-refractivity contribution in [2.24, 2.45) is 0 Å². The zero-order valence-electron chi connectivity index (χ0n) is 16.5. The number of hydrogen-bond donors (Lipinski definition) is 0. The smallest absolute Gasteiger partial charge is 0.243 e. The number of rotatable bonds is 6. The predicted octanol–water partition coefficient (Wildman–Crippen LogP) is 2.03. The molecule has 2 aliphatic rings. The van der Waals surface area contributed by atoms with Gasteiger partial charge in [-0.05, 0) is 31.4 Å². The number of nitrogens with zero attached hydrogens (tertiary/aromatic N) is 4. The average Bonchev–Trinajstić information content (AvgIpc) is 3.20. The predicted molar refractivity (Wildman–Crippen MR) is 103 cm³/mol. The summed E-state index contributed by atoms with van der Waals surface area (Å²) >= 11 is 0. The van der Waals surface area contributed by atoms with E-state index in [1.807, 2.05) is 0 Å². The van der Waals surface area contributed by atoms with Crippen LogP contribution in [0.3, 0.4) is 0 Å². The Hall–Kier alpha value is -2.13. The van der Waals surface area contributed by atoms with Crippen LogP contribution < -0.4 is 9.47 Å². The highest BCUT2D eigenvalue weighted by Crippen LogP contribution is 2.38. The number of aryl methyl sites for hydroxylation is 1. The maximum Gasteiger partial charge on any atom is 0.243 e. The number of ether oxygens (including phenoxy) is 2. The highest BCUT2D eigenvalue weighted by Gasteiger charge is 2.45. The van der Waals surface area contributed by atoms with E-state index in [2.05, 4.69) is 21.7 Å². The number of benzene rings is 1. The van der Waals surface area contributed by atoms with Crippen molar-refractivity contribution in [3.8, 4) is 11.5 Å². The third kappa shape index (κ3) is 3.06. The lowest BCUT2D eigenvalue weighted by Gasteiger charge is -2.27. The normalized spacial score (nSPS) is 22.0. The van der Waals surface area contributed by atoms with E-state index in [0.29, 0.717) is 24.5 Å². The fourth-order valence-electron chi connectivity index (χ4n) is 4.36. The van der Waals surface area contributed by atoms with Gasteiger partial charge in [0, 0.05) is 37.5 Å². The second-order valence-corrected chi connectivity index (χ2v) is 9.18. The Labute approximate surface area is 165 Å². The van der Waals surface area contributed by atoms with Gasteiger partial charge in [0.1, 0.15) is 11.6 Å². The summed E-state index contributed by atoms with van der Waals surface area (Å²) in [5.41, 5.74) is 0. The molecule has 0 N–H and O–H groups in total. The van der Waals surface area contributed by atoms with Crippen molar-refractivity contribution >= 4 is 10.0 Å². The number of hydrogen-bond acceptors (Lipinski definition) is 6. The van der Waals surface area contributed by atoms with E-state index in [0.717, 1.165) is 37.3 Å². The molecule has 0 spiro atoms. The SMILES string of the molecule is CCCc1nnc2n1CC1CCC(C2)N1S(=O)(=O)c1ccc(OC)c(OC)c1. The lowest BCUT2D eigenvalue weighted by molar-refractivity contribution is 0.313. The first-order valence-electron chi connectivity index (χ1n) is 9.66. The molecule has 2 aromatic rings. The summed E-state index contributed by atoms with van der Waals surface area (Å²) < 4.78 is 41.4. The Kier molecular flexibility index (Phi) is 5.05. The minimum Gasteiger partial charge on any atom is -0.493 e. The van der Waals surface area contributed by atoms with E-state index in [1.54, 1.807) is 22.5 Å². The fourth-order valence-corrected chi connectivity index (χ4v) is 6.23. The first-order chi connectivity index (χ1) is 13.5. The van der Waals surface area contributed by atoms with Crippen LogP contribution in [-0.4, -0.2) is 53.8 Å². The summed E-state index contributed by atoms with van der Waals surface area (Å²) in [5, 5.41) is 8.68. The molecule has 2 aliphatic heterocycles. The molecule has 0 radical (unpaired) electrons. The van der Waals surface area contributed by atoms with E-state index in [-0.39, 0.29) is 17.0 Å². The van der Waals surface area contributed by atoms with E-state index >= 15 is 0 Å². The molecule has 152 valence electrons. The molecule has 1 aromatic carbocycles. The number of methoxy groups -OCH3 is 2. The number of sulfonamides is 1. The second-order valence-electron chi connectivity index (χ2n) is 7.33. The van der Waals surface area contributed by atoms with E-state index in [9.17, 15) is 8.42 Å². The molecular formula is C19H26N4O4S.